The molecule has 0 amide bonds. The van der Waals surface area contributed by atoms with Gasteiger partial charge >= 0.3 is 0 Å². The number of nitrogens with two attached hydrogens (primary N) is 1. The Labute approximate surface area is 162 Å². The van der Waals surface area contributed by atoms with E-state index in [-0.39, 0.29) is 5.92 Å². The molecule has 4 heteroatoms. The van der Waals surface area contributed by atoms with Gasteiger partial charge < -0.3 is 10.3 Å². The molecule has 0 spiro atoms. The minimum absolute atomic E-state index is 0.281. The van der Waals surface area contributed by atoms with Crippen molar-refractivity contribution >= 4 is 11.0 Å². The van der Waals surface area contributed by atoms with Gasteiger partial charge in [-0.1, -0.05) is 37.5 Å². The number of aryl methyl sites for hydroxylation is 5. The topological polar surface area (TPSA) is 56.7 Å². The molecule has 0 radical (unpaired) electrons. The molecule has 3 aromatic rings. The predicted octanol–water partition coefficient (Wildman–Crippen LogP) is 5.20. The predicted molar refractivity (Wildman–Crippen MR) is 114 cm³/mol. The molecule has 27 heavy (non-hydrogen) atoms. The van der Waals surface area contributed by atoms with E-state index < -0.39 is 0 Å². The highest BCUT2D eigenvalue weighted by Gasteiger charge is 2.21. The molecule has 2 aromatic heterocycles. The van der Waals surface area contributed by atoms with Gasteiger partial charge in [0.1, 0.15) is 11.5 Å². The van der Waals surface area contributed by atoms with Gasteiger partial charge in [0.2, 0.25) is 0 Å². The van der Waals surface area contributed by atoms with Crippen molar-refractivity contribution in [1.29, 1.82) is 0 Å². The zero-order valence-electron chi connectivity index (χ0n) is 17.6. The third-order valence-electron chi connectivity index (χ3n) is 5.43. The lowest BCUT2D eigenvalue weighted by molar-refractivity contribution is 0.581. The standard InChI is InChI=1S/C23H32N4/c1-7-8-9-19(12-24)21-20-17(5)13-27(23(20)26-18(6)25-21)22-15(3)10-14(2)11-16(22)4/h10-11,13,19H,7-9,12,24H2,1-6H3. The Morgan fingerprint density at radius 1 is 1.00 bits per heavy atom. The molecule has 0 saturated heterocycles. The molecule has 0 aliphatic heterocycles. The second kappa shape index (κ2) is 7.81. The molecule has 1 atom stereocenters. The van der Waals surface area contributed by atoms with Crippen LogP contribution in [0.15, 0.2) is 18.3 Å². The van der Waals surface area contributed by atoms with E-state index in [2.05, 4.69) is 57.5 Å². The summed E-state index contributed by atoms with van der Waals surface area (Å²) in [7, 11) is 0. The highest BCUT2D eigenvalue weighted by molar-refractivity contribution is 5.85. The Morgan fingerprint density at radius 2 is 1.67 bits per heavy atom. The summed E-state index contributed by atoms with van der Waals surface area (Å²) >= 11 is 0. The number of unbranched alkanes of at least 4 members (excludes halogenated alkanes) is 1. The number of aromatic nitrogens is 3. The molecule has 4 nitrogen and oxygen atoms in total. The largest absolute Gasteiger partial charge is 0.330 e. The van der Waals surface area contributed by atoms with Crippen LogP contribution >= 0.6 is 0 Å². The Bertz CT molecular complexity index is 945. The maximum absolute atomic E-state index is 6.15. The fourth-order valence-corrected chi connectivity index (χ4v) is 4.29. The summed E-state index contributed by atoms with van der Waals surface area (Å²) in [5, 5.41) is 1.17. The average molecular weight is 365 g/mol. The molecule has 144 valence electrons. The van der Waals surface area contributed by atoms with Crippen molar-refractivity contribution in [2.45, 2.75) is 66.7 Å². The molecule has 0 aliphatic rings. The van der Waals surface area contributed by atoms with E-state index in [1.807, 2.05) is 6.92 Å². The summed E-state index contributed by atoms with van der Waals surface area (Å²) in [5.74, 6) is 1.10. The first kappa shape index (κ1) is 19.6. The third kappa shape index (κ3) is 3.63. The van der Waals surface area contributed by atoms with Gasteiger partial charge in [0.25, 0.3) is 0 Å². The summed E-state index contributed by atoms with van der Waals surface area (Å²) < 4.78 is 2.25. The monoisotopic (exact) mass is 364 g/mol. The van der Waals surface area contributed by atoms with Crippen LogP contribution in [0.3, 0.4) is 0 Å². The van der Waals surface area contributed by atoms with Crippen LogP contribution in [-0.2, 0) is 0 Å². The molecule has 2 N–H and O–H groups in total. The van der Waals surface area contributed by atoms with E-state index in [1.54, 1.807) is 0 Å². The van der Waals surface area contributed by atoms with Gasteiger partial charge in [-0.25, -0.2) is 9.97 Å². The van der Waals surface area contributed by atoms with Crippen molar-refractivity contribution < 1.29 is 0 Å². The molecule has 2 heterocycles. The van der Waals surface area contributed by atoms with Gasteiger partial charge in [-0.05, 0) is 57.7 Å². The van der Waals surface area contributed by atoms with Gasteiger partial charge in [0.05, 0.1) is 11.4 Å². The van der Waals surface area contributed by atoms with E-state index in [4.69, 9.17) is 15.7 Å². The maximum Gasteiger partial charge on any atom is 0.148 e. The van der Waals surface area contributed by atoms with Crippen LogP contribution in [0.2, 0.25) is 0 Å². The van der Waals surface area contributed by atoms with Crippen LogP contribution in [0.5, 0.6) is 0 Å². The minimum Gasteiger partial charge on any atom is -0.330 e. The molecule has 0 fully saturated rings. The first-order valence-electron chi connectivity index (χ1n) is 10.0. The van der Waals surface area contributed by atoms with Crippen molar-refractivity contribution in [1.82, 2.24) is 14.5 Å². The van der Waals surface area contributed by atoms with Gasteiger partial charge in [-0.3, -0.25) is 0 Å². The van der Waals surface area contributed by atoms with Crippen LogP contribution in [0.25, 0.3) is 16.7 Å². The van der Waals surface area contributed by atoms with Gasteiger partial charge in [0.15, 0.2) is 0 Å². The van der Waals surface area contributed by atoms with Crippen LogP contribution in [0.4, 0.5) is 0 Å². The third-order valence-corrected chi connectivity index (χ3v) is 5.43. The highest BCUT2D eigenvalue weighted by atomic mass is 15.1. The molecule has 0 aliphatic carbocycles. The average Bonchev–Trinajstić information content (AvgIpc) is 2.91. The van der Waals surface area contributed by atoms with E-state index in [0.717, 1.165) is 23.6 Å². The number of fused-ring (bicyclic) bond motifs is 1. The van der Waals surface area contributed by atoms with E-state index in [1.165, 1.54) is 46.2 Å². The van der Waals surface area contributed by atoms with Crippen LogP contribution < -0.4 is 5.73 Å². The number of rotatable bonds is 6. The second-order valence-electron chi connectivity index (χ2n) is 7.86. The Hall–Kier alpha value is -2.20. The molecule has 0 saturated carbocycles. The molecular formula is C23H32N4. The highest BCUT2D eigenvalue weighted by Crippen LogP contribution is 2.33. The summed E-state index contributed by atoms with van der Waals surface area (Å²) in [6.45, 7) is 13.5. The summed E-state index contributed by atoms with van der Waals surface area (Å²) in [6.07, 6.45) is 5.62. The lowest BCUT2D eigenvalue weighted by atomic mass is 9.95. The number of hydrogen-bond acceptors (Lipinski definition) is 3. The molecule has 0 bridgehead atoms. The quantitative estimate of drug-likeness (QED) is 0.654. The van der Waals surface area contributed by atoms with E-state index in [9.17, 15) is 0 Å². The second-order valence-corrected chi connectivity index (χ2v) is 7.86. The Morgan fingerprint density at radius 3 is 2.26 bits per heavy atom. The zero-order chi connectivity index (χ0) is 19.7. The van der Waals surface area contributed by atoms with E-state index in [0.29, 0.717) is 6.54 Å². The van der Waals surface area contributed by atoms with Crippen molar-refractivity contribution in [3.63, 3.8) is 0 Å². The smallest absolute Gasteiger partial charge is 0.148 e. The molecule has 3 rings (SSSR count). The zero-order valence-corrected chi connectivity index (χ0v) is 17.6. The maximum atomic E-state index is 6.15. The minimum atomic E-state index is 0.281. The summed E-state index contributed by atoms with van der Waals surface area (Å²) in [4.78, 5) is 9.69. The van der Waals surface area contributed by atoms with Crippen LogP contribution in [-0.4, -0.2) is 21.1 Å². The van der Waals surface area contributed by atoms with Gasteiger partial charge in [-0.15, -0.1) is 0 Å². The summed E-state index contributed by atoms with van der Waals surface area (Å²) in [6, 6.07) is 4.48. The fourth-order valence-electron chi connectivity index (χ4n) is 4.29. The Balaban J connectivity index is 2.27. The molecule has 1 aromatic carbocycles. The van der Waals surface area contributed by atoms with Crippen LogP contribution in [0, 0.1) is 34.6 Å². The lowest BCUT2D eigenvalue weighted by Crippen LogP contribution is -2.15. The van der Waals surface area contributed by atoms with Crippen molar-refractivity contribution in [3.05, 3.63) is 52.1 Å². The summed E-state index contributed by atoms with van der Waals surface area (Å²) in [5.41, 5.74) is 14.5. The van der Waals surface area contributed by atoms with Crippen molar-refractivity contribution in [2.24, 2.45) is 5.73 Å². The molecular weight excluding hydrogens is 332 g/mol. The van der Waals surface area contributed by atoms with E-state index >= 15 is 0 Å². The van der Waals surface area contributed by atoms with Gasteiger partial charge in [0, 0.05) is 24.0 Å². The van der Waals surface area contributed by atoms with Gasteiger partial charge in [-0.2, -0.15) is 0 Å². The number of benzene rings is 1. The first-order valence-corrected chi connectivity index (χ1v) is 10.0. The SMILES string of the molecule is CCCCC(CN)c1nc(C)nc2c1c(C)cn2-c1c(C)cc(C)cc1C. The van der Waals surface area contributed by atoms with Crippen LogP contribution in [0.1, 0.15) is 65.9 Å². The fraction of sp³-hybridized carbons (Fsp3) is 0.478. The Kier molecular flexibility index (Phi) is 5.66. The molecule has 1 unspecified atom stereocenters. The van der Waals surface area contributed by atoms with Crippen molar-refractivity contribution in [3.8, 4) is 5.69 Å². The number of hydrogen-bond donors (Lipinski definition) is 1. The number of nitrogens with zero attached hydrogens (tertiary/aromatic N) is 3. The normalized spacial score (nSPS) is 12.7. The first-order chi connectivity index (χ1) is 12.9. The lowest BCUT2D eigenvalue weighted by Gasteiger charge is -2.17. The van der Waals surface area contributed by atoms with Crippen molar-refractivity contribution in [2.75, 3.05) is 6.54 Å².